The van der Waals surface area contributed by atoms with Crippen molar-refractivity contribution >= 4 is 64.4 Å². The van der Waals surface area contributed by atoms with E-state index in [9.17, 15) is 14.4 Å². The van der Waals surface area contributed by atoms with Crippen LogP contribution in [0.1, 0.15) is 25.0 Å². The van der Waals surface area contributed by atoms with Crippen molar-refractivity contribution in [3.8, 4) is 23.0 Å². The number of halogens is 3. The molecule has 12 heteroatoms. The van der Waals surface area contributed by atoms with E-state index in [2.05, 4.69) is 5.32 Å². The van der Waals surface area contributed by atoms with Gasteiger partial charge < -0.3 is 18.9 Å². The first-order valence-corrected chi connectivity index (χ1v) is 13.6. The monoisotopic (exact) mass is 618 g/mol. The Hall–Kier alpha value is -3.92. The molecule has 0 unspecified atom stereocenters. The number of anilines is 1. The normalized spacial score (nSPS) is 14.2. The molecule has 9 nitrogen and oxygen atoms in total. The third-order valence-electron chi connectivity index (χ3n) is 5.83. The van der Waals surface area contributed by atoms with Gasteiger partial charge in [-0.1, -0.05) is 40.9 Å². The number of nitrogens with one attached hydrogen (secondary N) is 1. The lowest BCUT2D eigenvalue weighted by molar-refractivity contribution is -0.122. The first-order valence-electron chi connectivity index (χ1n) is 12.4. The number of barbiturate groups is 1. The van der Waals surface area contributed by atoms with Crippen LogP contribution in [0.4, 0.5) is 10.5 Å². The molecule has 4 amide bonds. The van der Waals surface area contributed by atoms with Crippen molar-refractivity contribution in [3.63, 3.8) is 0 Å². The molecule has 1 fully saturated rings. The van der Waals surface area contributed by atoms with Crippen LogP contribution in [0, 0.1) is 0 Å². The van der Waals surface area contributed by atoms with E-state index in [1.54, 1.807) is 50.2 Å². The maximum atomic E-state index is 13.6. The standard InChI is InChI=1S/C29H25Cl3N2O7/c1-4-39-19-8-9-24(40-5-2)23(14-19)34-28(36)20(27(35)33-29(34)37)10-16-11-22(32)26(25(12-16)38-3)41-15-17-6-7-18(30)13-21(17)31/h6-14H,4-5,15H2,1-3H3,(H,33,35,37)/b20-10+. The van der Waals surface area contributed by atoms with Crippen molar-refractivity contribution in [1.29, 1.82) is 0 Å². The van der Waals surface area contributed by atoms with Crippen LogP contribution >= 0.6 is 34.8 Å². The largest absolute Gasteiger partial charge is 0.494 e. The van der Waals surface area contributed by atoms with Crippen molar-refractivity contribution in [3.05, 3.63) is 80.3 Å². The molecule has 0 bridgehead atoms. The first kappa shape index (κ1) is 30.0. The van der Waals surface area contributed by atoms with Gasteiger partial charge in [-0.15, -0.1) is 0 Å². The second kappa shape index (κ2) is 13.2. The van der Waals surface area contributed by atoms with E-state index < -0.39 is 17.8 Å². The van der Waals surface area contributed by atoms with Gasteiger partial charge in [-0.05, 0) is 61.9 Å². The van der Waals surface area contributed by atoms with E-state index in [0.717, 1.165) is 4.90 Å². The van der Waals surface area contributed by atoms with Crippen molar-refractivity contribution in [1.82, 2.24) is 5.32 Å². The molecule has 1 heterocycles. The van der Waals surface area contributed by atoms with Crippen LogP contribution in [0.15, 0.2) is 54.1 Å². The van der Waals surface area contributed by atoms with E-state index in [1.165, 1.54) is 25.3 Å². The number of amides is 4. The van der Waals surface area contributed by atoms with Gasteiger partial charge in [0.05, 0.1) is 31.0 Å². The summed E-state index contributed by atoms with van der Waals surface area (Å²) in [5.41, 5.74) is 0.839. The molecule has 41 heavy (non-hydrogen) atoms. The fourth-order valence-electron chi connectivity index (χ4n) is 4.00. The summed E-state index contributed by atoms with van der Waals surface area (Å²) in [5, 5.41) is 3.27. The summed E-state index contributed by atoms with van der Waals surface area (Å²) in [6.07, 6.45) is 1.30. The highest BCUT2D eigenvalue weighted by atomic mass is 35.5. The zero-order valence-corrected chi connectivity index (χ0v) is 24.5. The molecule has 3 aromatic carbocycles. The number of hydrogen-bond acceptors (Lipinski definition) is 7. The molecule has 1 aliphatic rings. The molecule has 0 spiro atoms. The van der Waals surface area contributed by atoms with E-state index in [-0.39, 0.29) is 46.7 Å². The van der Waals surface area contributed by atoms with Crippen LogP contribution in [-0.2, 0) is 16.2 Å². The molecule has 1 aliphatic heterocycles. The molecule has 4 rings (SSSR count). The van der Waals surface area contributed by atoms with Crippen LogP contribution in [0.5, 0.6) is 23.0 Å². The third-order valence-corrected chi connectivity index (χ3v) is 6.70. The number of rotatable bonds is 10. The number of carbonyl (C=O) groups excluding carboxylic acids is 3. The van der Waals surface area contributed by atoms with Crippen molar-refractivity contribution in [2.75, 3.05) is 25.2 Å². The topological polar surface area (TPSA) is 103 Å². The van der Waals surface area contributed by atoms with Gasteiger partial charge in [-0.25, -0.2) is 9.69 Å². The predicted molar refractivity (Wildman–Crippen MR) is 157 cm³/mol. The average molecular weight is 620 g/mol. The molecule has 0 radical (unpaired) electrons. The summed E-state index contributed by atoms with van der Waals surface area (Å²) >= 11 is 18.7. The Morgan fingerprint density at radius 3 is 2.29 bits per heavy atom. The van der Waals surface area contributed by atoms with Gasteiger partial charge in [-0.2, -0.15) is 0 Å². The minimum absolute atomic E-state index is 0.0768. The number of hydrogen-bond donors (Lipinski definition) is 1. The van der Waals surface area contributed by atoms with E-state index >= 15 is 0 Å². The fourth-order valence-corrected chi connectivity index (χ4v) is 4.74. The predicted octanol–water partition coefficient (Wildman–Crippen LogP) is 6.70. The van der Waals surface area contributed by atoms with Gasteiger partial charge in [0, 0.05) is 21.7 Å². The van der Waals surface area contributed by atoms with Gasteiger partial charge >= 0.3 is 6.03 Å². The van der Waals surface area contributed by atoms with E-state index in [0.29, 0.717) is 33.5 Å². The number of ether oxygens (including phenoxy) is 4. The number of urea groups is 1. The molecule has 0 saturated carbocycles. The summed E-state index contributed by atoms with van der Waals surface area (Å²) in [5.74, 6) is -0.577. The van der Waals surface area contributed by atoms with Gasteiger partial charge in [0.1, 0.15) is 23.7 Å². The van der Waals surface area contributed by atoms with Crippen LogP contribution in [0.3, 0.4) is 0 Å². The number of benzene rings is 3. The van der Waals surface area contributed by atoms with Crippen molar-refractivity contribution in [2.24, 2.45) is 0 Å². The smallest absolute Gasteiger partial charge is 0.336 e. The van der Waals surface area contributed by atoms with E-state index in [1.807, 2.05) is 0 Å². The summed E-state index contributed by atoms with van der Waals surface area (Å²) in [7, 11) is 1.42. The highest BCUT2D eigenvalue weighted by Crippen LogP contribution is 2.39. The van der Waals surface area contributed by atoms with E-state index in [4.69, 9.17) is 53.8 Å². The summed E-state index contributed by atoms with van der Waals surface area (Å²) in [6, 6.07) is 11.9. The van der Waals surface area contributed by atoms with Gasteiger partial charge in [0.25, 0.3) is 11.8 Å². The molecule has 0 aromatic heterocycles. The minimum atomic E-state index is -0.924. The summed E-state index contributed by atoms with van der Waals surface area (Å²) in [6.45, 7) is 4.29. The quantitative estimate of drug-likeness (QED) is 0.199. The second-order valence-electron chi connectivity index (χ2n) is 8.51. The maximum absolute atomic E-state index is 13.6. The SMILES string of the molecule is CCOc1ccc(OCC)c(N2C(=O)NC(=O)/C(=C\c3cc(Cl)c(OCc4ccc(Cl)cc4Cl)c(OC)c3)C2=O)c1. The molecule has 0 atom stereocenters. The fraction of sp³-hybridized carbons (Fsp3) is 0.207. The molecular formula is C29H25Cl3N2O7. The van der Waals surface area contributed by atoms with Gasteiger partial charge in [-0.3, -0.25) is 14.9 Å². The Balaban J connectivity index is 1.68. The lowest BCUT2D eigenvalue weighted by Gasteiger charge is -2.28. The molecular weight excluding hydrogens is 595 g/mol. The Bertz CT molecular complexity index is 1540. The zero-order valence-electron chi connectivity index (χ0n) is 22.3. The Morgan fingerprint density at radius 1 is 0.854 bits per heavy atom. The van der Waals surface area contributed by atoms with Gasteiger partial charge in [0.2, 0.25) is 0 Å². The lowest BCUT2D eigenvalue weighted by Crippen LogP contribution is -2.54. The first-order chi connectivity index (χ1) is 19.7. The number of methoxy groups -OCH3 is 1. The Morgan fingerprint density at radius 2 is 1.61 bits per heavy atom. The van der Waals surface area contributed by atoms with Crippen molar-refractivity contribution in [2.45, 2.75) is 20.5 Å². The van der Waals surface area contributed by atoms with Crippen molar-refractivity contribution < 1.29 is 33.3 Å². The highest BCUT2D eigenvalue weighted by molar-refractivity contribution is 6.39. The number of imide groups is 2. The minimum Gasteiger partial charge on any atom is -0.494 e. The summed E-state index contributed by atoms with van der Waals surface area (Å²) in [4.78, 5) is 40.0. The van der Waals surface area contributed by atoms with Crippen LogP contribution < -0.4 is 29.2 Å². The maximum Gasteiger partial charge on any atom is 0.336 e. The van der Waals surface area contributed by atoms with Gasteiger partial charge in [0.15, 0.2) is 11.5 Å². The number of carbonyl (C=O) groups is 3. The number of nitrogens with zero attached hydrogens (tertiary/aromatic N) is 1. The molecule has 3 aromatic rings. The summed E-state index contributed by atoms with van der Waals surface area (Å²) < 4.78 is 22.5. The van der Waals surface area contributed by atoms with Crippen LogP contribution in [-0.4, -0.2) is 38.2 Å². The van der Waals surface area contributed by atoms with Crippen LogP contribution in [0.2, 0.25) is 15.1 Å². The lowest BCUT2D eigenvalue weighted by atomic mass is 10.1. The zero-order chi connectivity index (χ0) is 29.7. The van der Waals surface area contributed by atoms with Crippen LogP contribution in [0.25, 0.3) is 6.08 Å². The molecule has 1 N–H and O–H groups in total. The highest BCUT2D eigenvalue weighted by Gasteiger charge is 2.38. The molecule has 1 saturated heterocycles. The second-order valence-corrected chi connectivity index (χ2v) is 9.76. The Kier molecular flexibility index (Phi) is 9.65. The molecule has 214 valence electrons. The molecule has 0 aliphatic carbocycles. The third kappa shape index (κ3) is 6.70. The average Bonchev–Trinajstić information content (AvgIpc) is 2.92. The Labute approximate surface area is 251 Å².